The minimum Gasteiger partial charge on any atom is -0.492 e. The van der Waals surface area contributed by atoms with Crippen LogP contribution in [0.3, 0.4) is 0 Å². The highest BCUT2D eigenvalue weighted by Gasteiger charge is 2.37. The van der Waals surface area contributed by atoms with Crippen LogP contribution in [-0.4, -0.2) is 42.3 Å². The molecule has 1 aliphatic rings. The Hall–Kier alpha value is -4.73. The molecule has 0 saturated carbocycles. The molecule has 1 fully saturated rings. The van der Waals surface area contributed by atoms with Gasteiger partial charge in [-0.2, -0.15) is 0 Å². The maximum Gasteiger partial charge on any atom is 0.311 e. The maximum atomic E-state index is 12.6. The molecule has 3 aromatic rings. The number of carbonyl (C=O) groups is 3. The van der Waals surface area contributed by atoms with Crippen molar-refractivity contribution in [1.29, 1.82) is 0 Å². The summed E-state index contributed by atoms with van der Waals surface area (Å²) in [4.78, 5) is 49.4. The summed E-state index contributed by atoms with van der Waals surface area (Å²) in [5.41, 5.74) is 0.864. The van der Waals surface area contributed by atoms with E-state index >= 15 is 0 Å². The minimum atomic E-state index is -0.688. The zero-order chi connectivity index (χ0) is 26.4. The van der Waals surface area contributed by atoms with E-state index in [1.165, 1.54) is 41.3 Å². The second-order valence-corrected chi connectivity index (χ2v) is 8.21. The van der Waals surface area contributed by atoms with Crippen LogP contribution in [0.5, 0.6) is 17.2 Å². The van der Waals surface area contributed by atoms with Gasteiger partial charge in [-0.15, -0.1) is 0 Å². The number of hydrogen-bond acceptors (Lipinski definition) is 8. The minimum absolute atomic E-state index is 0.0117. The third-order valence-electron chi connectivity index (χ3n) is 5.72. The largest absolute Gasteiger partial charge is 0.492 e. The van der Waals surface area contributed by atoms with Gasteiger partial charge >= 0.3 is 5.97 Å². The Labute approximate surface area is 212 Å². The summed E-state index contributed by atoms with van der Waals surface area (Å²) >= 11 is 0. The van der Waals surface area contributed by atoms with Gasteiger partial charge in [-0.1, -0.05) is 12.1 Å². The first kappa shape index (κ1) is 25.4. The van der Waals surface area contributed by atoms with E-state index in [0.29, 0.717) is 35.1 Å². The predicted octanol–water partition coefficient (Wildman–Crippen LogP) is 4.56. The van der Waals surface area contributed by atoms with Crippen molar-refractivity contribution in [1.82, 2.24) is 0 Å². The topological polar surface area (TPSA) is 125 Å². The van der Waals surface area contributed by atoms with Crippen molar-refractivity contribution in [3.63, 3.8) is 0 Å². The number of anilines is 1. The molecule has 1 amide bonds. The fourth-order valence-corrected chi connectivity index (χ4v) is 3.87. The summed E-state index contributed by atoms with van der Waals surface area (Å²) in [6, 6.07) is 18.9. The smallest absolute Gasteiger partial charge is 0.311 e. The Kier molecular flexibility index (Phi) is 7.77. The van der Waals surface area contributed by atoms with E-state index in [9.17, 15) is 24.5 Å². The lowest BCUT2D eigenvalue weighted by atomic mass is 10.1. The first-order chi connectivity index (χ1) is 17.9. The van der Waals surface area contributed by atoms with Gasteiger partial charge in [0.15, 0.2) is 12.4 Å². The fourth-order valence-electron chi connectivity index (χ4n) is 3.87. The summed E-state index contributed by atoms with van der Waals surface area (Å²) in [6.45, 7) is 1.97. The second-order valence-electron chi connectivity index (χ2n) is 8.21. The fraction of sp³-hybridized carbons (Fsp3) is 0.222. The van der Waals surface area contributed by atoms with Crippen LogP contribution in [0.15, 0.2) is 72.8 Å². The normalized spacial score (nSPS) is 14.8. The number of nitro groups is 1. The number of carbonyl (C=O) groups excluding carboxylic acids is 3. The van der Waals surface area contributed by atoms with Gasteiger partial charge in [-0.3, -0.25) is 24.5 Å². The van der Waals surface area contributed by atoms with Crippen molar-refractivity contribution in [2.24, 2.45) is 5.92 Å². The van der Waals surface area contributed by atoms with E-state index in [0.717, 1.165) is 0 Å². The second kappa shape index (κ2) is 11.3. The van der Waals surface area contributed by atoms with E-state index in [4.69, 9.17) is 14.2 Å². The number of nitro benzene ring substituents is 1. The van der Waals surface area contributed by atoms with Crippen molar-refractivity contribution >= 4 is 29.0 Å². The third kappa shape index (κ3) is 6.10. The van der Waals surface area contributed by atoms with E-state index in [-0.39, 0.29) is 24.6 Å². The maximum absolute atomic E-state index is 12.6. The van der Waals surface area contributed by atoms with Crippen molar-refractivity contribution in [3.8, 4) is 17.2 Å². The summed E-state index contributed by atoms with van der Waals surface area (Å²) < 4.78 is 16.4. The first-order valence-electron chi connectivity index (χ1n) is 11.6. The molecule has 1 aliphatic heterocycles. The average Bonchev–Trinajstić information content (AvgIpc) is 3.29. The van der Waals surface area contributed by atoms with E-state index in [1.807, 2.05) is 6.92 Å². The van der Waals surface area contributed by atoms with Gasteiger partial charge in [-0.25, -0.2) is 0 Å². The zero-order valence-electron chi connectivity index (χ0n) is 20.0. The molecule has 1 heterocycles. The van der Waals surface area contributed by atoms with Crippen LogP contribution in [0.1, 0.15) is 23.7 Å². The molecule has 0 aromatic heterocycles. The number of amides is 1. The number of non-ortho nitro benzene ring substituents is 1. The van der Waals surface area contributed by atoms with Gasteiger partial charge in [0.05, 0.1) is 23.1 Å². The molecule has 0 bridgehead atoms. The summed E-state index contributed by atoms with van der Waals surface area (Å²) in [5.74, 6) is -0.531. The molecule has 0 unspecified atom stereocenters. The molecule has 0 aliphatic carbocycles. The van der Waals surface area contributed by atoms with Crippen LogP contribution in [0.4, 0.5) is 11.4 Å². The number of benzene rings is 3. The molecule has 1 saturated heterocycles. The molecule has 0 N–H and O–H groups in total. The summed E-state index contributed by atoms with van der Waals surface area (Å²) in [5, 5.41) is 10.7. The van der Waals surface area contributed by atoms with Gasteiger partial charge in [-0.05, 0) is 55.5 Å². The highest BCUT2D eigenvalue weighted by molar-refractivity contribution is 6.01. The monoisotopic (exact) mass is 504 g/mol. The Morgan fingerprint density at radius 1 is 1.00 bits per heavy atom. The quantitative estimate of drug-likeness (QED) is 0.170. The van der Waals surface area contributed by atoms with Crippen LogP contribution in [-0.2, 0) is 14.3 Å². The van der Waals surface area contributed by atoms with Crippen LogP contribution in [0.25, 0.3) is 0 Å². The van der Waals surface area contributed by atoms with Crippen molar-refractivity contribution < 1.29 is 33.5 Å². The van der Waals surface area contributed by atoms with E-state index in [2.05, 4.69) is 0 Å². The van der Waals surface area contributed by atoms with Crippen LogP contribution >= 0.6 is 0 Å². The van der Waals surface area contributed by atoms with E-state index < -0.39 is 29.2 Å². The number of nitrogens with zero attached hydrogens (tertiary/aromatic N) is 2. The highest BCUT2D eigenvalue weighted by Crippen LogP contribution is 2.33. The van der Waals surface area contributed by atoms with Crippen LogP contribution in [0.2, 0.25) is 0 Å². The molecular weight excluding hydrogens is 480 g/mol. The number of esters is 1. The molecule has 10 heteroatoms. The Bertz CT molecular complexity index is 1300. The Balaban J connectivity index is 1.30. The number of ether oxygens (including phenoxy) is 3. The number of ketones is 1. The van der Waals surface area contributed by atoms with Gasteiger partial charge < -0.3 is 19.1 Å². The third-order valence-corrected chi connectivity index (χ3v) is 5.72. The molecular formula is C27H24N2O8. The van der Waals surface area contributed by atoms with Gasteiger partial charge in [0.2, 0.25) is 5.91 Å². The van der Waals surface area contributed by atoms with Crippen LogP contribution in [0, 0.1) is 16.0 Å². The first-order valence-corrected chi connectivity index (χ1v) is 11.6. The standard InChI is InChI=1S/C27H24N2O8/c1-2-35-25-6-4-3-5-23(25)28-16-19(15-26(28)31)27(32)36-17-24(30)18-7-11-21(12-8-18)37-22-13-9-20(10-14-22)29(33)34/h3-14,19H,2,15-17H2,1H3/t19-/m0/s1. The summed E-state index contributed by atoms with van der Waals surface area (Å²) in [7, 11) is 0. The van der Waals surface area contributed by atoms with Gasteiger partial charge in [0.1, 0.15) is 17.2 Å². The average molecular weight is 504 g/mol. The number of rotatable bonds is 10. The number of para-hydroxylation sites is 2. The Morgan fingerprint density at radius 3 is 2.30 bits per heavy atom. The van der Waals surface area contributed by atoms with Crippen LogP contribution < -0.4 is 14.4 Å². The molecule has 0 radical (unpaired) electrons. The lowest BCUT2D eigenvalue weighted by molar-refractivity contribution is -0.384. The lowest BCUT2D eigenvalue weighted by Crippen LogP contribution is -2.27. The summed E-state index contributed by atoms with van der Waals surface area (Å²) in [6.07, 6.45) is -0.0117. The predicted molar refractivity (Wildman–Crippen MR) is 133 cm³/mol. The zero-order valence-corrected chi connectivity index (χ0v) is 20.0. The molecule has 1 atom stereocenters. The van der Waals surface area contributed by atoms with E-state index in [1.54, 1.807) is 36.4 Å². The molecule has 4 rings (SSSR count). The molecule has 190 valence electrons. The molecule has 0 spiro atoms. The van der Waals surface area contributed by atoms with Crippen molar-refractivity contribution in [3.05, 3.63) is 88.5 Å². The Morgan fingerprint density at radius 2 is 1.65 bits per heavy atom. The molecule has 3 aromatic carbocycles. The van der Waals surface area contributed by atoms with Gasteiger partial charge in [0.25, 0.3) is 5.69 Å². The number of hydrogen-bond donors (Lipinski definition) is 0. The number of Topliss-reactive ketones (excluding diaryl/α,β-unsaturated/α-hetero) is 1. The SMILES string of the molecule is CCOc1ccccc1N1C[C@@H](C(=O)OCC(=O)c2ccc(Oc3ccc([N+](=O)[O-])cc3)cc2)CC1=O. The van der Waals surface area contributed by atoms with Crippen molar-refractivity contribution in [2.45, 2.75) is 13.3 Å². The highest BCUT2D eigenvalue weighted by atomic mass is 16.6. The lowest BCUT2D eigenvalue weighted by Gasteiger charge is -2.19. The molecule has 37 heavy (non-hydrogen) atoms. The van der Waals surface area contributed by atoms with Gasteiger partial charge in [0, 0.05) is 30.7 Å². The molecule has 10 nitrogen and oxygen atoms in total. The van der Waals surface area contributed by atoms with Crippen molar-refractivity contribution in [2.75, 3.05) is 24.7 Å².